The zero-order valence-corrected chi connectivity index (χ0v) is 18.3. The van der Waals surface area contributed by atoms with Crippen LogP contribution in [0.25, 0.3) is 0 Å². The van der Waals surface area contributed by atoms with Gasteiger partial charge in [0.15, 0.2) is 0 Å². The van der Waals surface area contributed by atoms with Crippen molar-refractivity contribution >= 4 is 7.60 Å². The molecule has 144 valence electrons. The maximum absolute atomic E-state index is 13.3. The second-order valence-corrected chi connectivity index (χ2v) is 10.7. The van der Waals surface area contributed by atoms with E-state index >= 15 is 0 Å². The lowest BCUT2D eigenvalue weighted by Crippen LogP contribution is -2.24. The molecule has 4 heteroatoms. The van der Waals surface area contributed by atoms with Crippen molar-refractivity contribution in [3.8, 4) is 0 Å². The smallest absolute Gasteiger partial charge is 0.303 e. The van der Waals surface area contributed by atoms with Gasteiger partial charge < -0.3 is 9.05 Å². The Hall–Kier alpha value is -0.630. The molecular formula is C21H37O3P. The Kier molecular flexibility index (Phi) is 7.93. The number of rotatable bonds is 8. The molecule has 1 unspecified atom stereocenters. The Labute approximate surface area is 155 Å². The van der Waals surface area contributed by atoms with Crippen LogP contribution in [0.15, 0.2) is 24.3 Å². The van der Waals surface area contributed by atoms with Gasteiger partial charge >= 0.3 is 7.60 Å². The molecule has 0 bridgehead atoms. The van der Waals surface area contributed by atoms with Crippen LogP contribution in [-0.2, 0) is 19.8 Å². The van der Waals surface area contributed by atoms with E-state index in [0.717, 1.165) is 12.0 Å². The highest BCUT2D eigenvalue weighted by atomic mass is 31.2. The van der Waals surface area contributed by atoms with Crippen molar-refractivity contribution < 1.29 is 13.6 Å². The largest absolute Gasteiger partial charge is 0.336 e. The Morgan fingerprint density at radius 3 is 1.76 bits per heavy atom. The average Bonchev–Trinajstić information content (AvgIpc) is 2.41. The van der Waals surface area contributed by atoms with Crippen molar-refractivity contribution in [2.75, 3.05) is 0 Å². The topological polar surface area (TPSA) is 35.5 Å². The van der Waals surface area contributed by atoms with Gasteiger partial charge in [-0.3, -0.25) is 4.57 Å². The molecule has 0 aliphatic carbocycles. The minimum atomic E-state index is -3.24. The molecular weight excluding hydrogens is 331 g/mol. The van der Waals surface area contributed by atoms with E-state index in [1.54, 1.807) is 0 Å². The summed E-state index contributed by atoms with van der Waals surface area (Å²) in [5.41, 5.74) is 1.31. The molecule has 0 amide bonds. The third-order valence-electron chi connectivity index (χ3n) is 3.78. The molecule has 0 aliphatic heterocycles. The highest BCUT2D eigenvalue weighted by Crippen LogP contribution is 2.56. The number of hydrogen-bond donors (Lipinski definition) is 0. The minimum Gasteiger partial charge on any atom is -0.303 e. The van der Waals surface area contributed by atoms with Crippen LogP contribution in [0, 0.1) is 0 Å². The molecule has 3 nitrogen and oxygen atoms in total. The molecule has 25 heavy (non-hydrogen) atoms. The fourth-order valence-corrected chi connectivity index (χ4v) is 5.48. The minimum absolute atomic E-state index is 0.298. The molecule has 0 fully saturated rings. The number of benzene rings is 1. The summed E-state index contributed by atoms with van der Waals surface area (Å²) >= 11 is 0. The van der Waals surface area contributed by atoms with E-state index in [-0.39, 0.29) is 0 Å². The van der Waals surface area contributed by atoms with Crippen LogP contribution in [-0.4, -0.2) is 11.2 Å². The molecule has 0 radical (unpaired) electrons. The van der Waals surface area contributed by atoms with Crippen molar-refractivity contribution in [2.24, 2.45) is 0 Å². The summed E-state index contributed by atoms with van der Waals surface area (Å²) < 4.78 is 25.1. The van der Waals surface area contributed by atoms with Gasteiger partial charge in [0.2, 0.25) is 0 Å². The standard InChI is InChI=1S/C21H37O3P/c1-9-11-18(10-2)19-14-12-17(13-15-19)16-25(22,23-20(3,4)5)24-21(6,7)8/h12-15,18H,9-11,16H2,1-8H3. The van der Waals surface area contributed by atoms with E-state index in [0.29, 0.717) is 12.1 Å². The van der Waals surface area contributed by atoms with Crippen LogP contribution >= 0.6 is 7.60 Å². The summed E-state index contributed by atoms with van der Waals surface area (Å²) in [5.74, 6) is 0.600. The predicted molar refractivity (Wildman–Crippen MR) is 107 cm³/mol. The fourth-order valence-electron chi connectivity index (χ4n) is 2.99. The van der Waals surface area contributed by atoms with Gasteiger partial charge in [-0.25, -0.2) is 0 Å². The molecule has 0 saturated heterocycles. The fraction of sp³-hybridized carbons (Fsp3) is 0.714. The molecule has 1 atom stereocenters. The van der Waals surface area contributed by atoms with Crippen LogP contribution in [0.5, 0.6) is 0 Å². The van der Waals surface area contributed by atoms with E-state index in [1.165, 1.54) is 18.4 Å². The second-order valence-electron chi connectivity index (χ2n) is 8.81. The summed E-state index contributed by atoms with van der Waals surface area (Å²) in [6.07, 6.45) is 3.83. The Bertz CT molecular complexity index is 544. The molecule has 0 aliphatic rings. The van der Waals surface area contributed by atoms with Gasteiger partial charge in [-0.1, -0.05) is 44.5 Å². The molecule has 1 aromatic carbocycles. The Morgan fingerprint density at radius 1 is 0.920 bits per heavy atom. The summed E-state index contributed by atoms with van der Waals surface area (Å²) in [6, 6.07) is 8.46. The monoisotopic (exact) mass is 368 g/mol. The maximum atomic E-state index is 13.3. The van der Waals surface area contributed by atoms with Crippen molar-refractivity contribution in [3.63, 3.8) is 0 Å². The summed E-state index contributed by atoms with van der Waals surface area (Å²) in [4.78, 5) is 0. The van der Waals surface area contributed by atoms with Gasteiger partial charge in [0.05, 0.1) is 17.4 Å². The normalized spacial score (nSPS) is 14.6. The summed E-state index contributed by atoms with van der Waals surface area (Å²) in [5, 5.41) is 0. The van der Waals surface area contributed by atoms with E-state index in [4.69, 9.17) is 9.05 Å². The highest BCUT2D eigenvalue weighted by Gasteiger charge is 2.35. The summed E-state index contributed by atoms with van der Waals surface area (Å²) in [7, 11) is -3.24. The molecule has 0 N–H and O–H groups in total. The zero-order valence-electron chi connectivity index (χ0n) is 17.4. The lowest BCUT2D eigenvalue weighted by Gasteiger charge is -2.32. The van der Waals surface area contributed by atoms with Crippen LogP contribution < -0.4 is 0 Å². The van der Waals surface area contributed by atoms with Gasteiger partial charge in [-0.15, -0.1) is 0 Å². The van der Waals surface area contributed by atoms with E-state index in [2.05, 4.69) is 38.1 Å². The lowest BCUT2D eigenvalue weighted by atomic mass is 9.92. The average molecular weight is 368 g/mol. The molecule has 0 saturated carbocycles. The van der Waals surface area contributed by atoms with Crippen molar-refractivity contribution in [1.82, 2.24) is 0 Å². The van der Waals surface area contributed by atoms with Gasteiger partial charge in [0.25, 0.3) is 0 Å². The lowest BCUT2D eigenvalue weighted by molar-refractivity contribution is 0.0485. The molecule has 0 spiro atoms. The predicted octanol–water partition coefficient (Wildman–Crippen LogP) is 7.30. The van der Waals surface area contributed by atoms with Crippen LogP contribution in [0.3, 0.4) is 0 Å². The van der Waals surface area contributed by atoms with E-state index < -0.39 is 18.8 Å². The van der Waals surface area contributed by atoms with Gasteiger partial charge in [-0.2, -0.15) is 0 Å². The first kappa shape index (κ1) is 22.4. The van der Waals surface area contributed by atoms with Crippen LogP contribution in [0.4, 0.5) is 0 Å². The SMILES string of the molecule is CCCC(CC)c1ccc(CP(=O)(OC(C)(C)C)OC(C)(C)C)cc1. The molecule has 1 aromatic rings. The zero-order chi connectivity index (χ0) is 19.3. The number of hydrogen-bond acceptors (Lipinski definition) is 3. The highest BCUT2D eigenvalue weighted by molar-refractivity contribution is 7.53. The molecule has 0 heterocycles. The van der Waals surface area contributed by atoms with E-state index in [9.17, 15) is 4.57 Å². The van der Waals surface area contributed by atoms with Crippen molar-refractivity contribution in [3.05, 3.63) is 35.4 Å². The van der Waals surface area contributed by atoms with Gasteiger partial charge in [-0.05, 0) is 71.4 Å². The van der Waals surface area contributed by atoms with Gasteiger partial charge in [0.1, 0.15) is 0 Å². The van der Waals surface area contributed by atoms with Crippen LogP contribution in [0.2, 0.25) is 0 Å². The molecule has 0 aromatic heterocycles. The first-order chi connectivity index (χ1) is 11.4. The quantitative estimate of drug-likeness (QED) is 0.451. The van der Waals surface area contributed by atoms with Crippen molar-refractivity contribution in [2.45, 2.75) is 97.9 Å². The second kappa shape index (κ2) is 8.84. The summed E-state index contributed by atoms with van der Waals surface area (Å²) in [6.45, 7) is 15.9. The third kappa shape index (κ3) is 8.53. The van der Waals surface area contributed by atoms with E-state index in [1.807, 2.05) is 41.5 Å². The Balaban J connectivity index is 2.99. The third-order valence-corrected chi connectivity index (χ3v) is 6.19. The Morgan fingerprint density at radius 2 is 1.40 bits per heavy atom. The van der Waals surface area contributed by atoms with Crippen LogP contribution in [0.1, 0.15) is 91.7 Å². The first-order valence-corrected chi connectivity index (χ1v) is 11.2. The maximum Gasteiger partial charge on any atom is 0.336 e. The molecule has 1 rings (SSSR count). The van der Waals surface area contributed by atoms with Crippen molar-refractivity contribution in [1.29, 1.82) is 0 Å². The van der Waals surface area contributed by atoms with Gasteiger partial charge in [0, 0.05) is 0 Å². The first-order valence-electron chi connectivity index (χ1n) is 9.47.